The Kier molecular flexibility index (Phi) is 6.25. The van der Waals surface area contributed by atoms with Crippen LogP contribution in [0.5, 0.6) is 0 Å². The van der Waals surface area contributed by atoms with Gasteiger partial charge < -0.3 is 10.1 Å². The van der Waals surface area contributed by atoms with Crippen LogP contribution in [0.1, 0.15) is 18.1 Å². The maximum absolute atomic E-state index is 12.8. The summed E-state index contributed by atoms with van der Waals surface area (Å²) in [6, 6.07) is 13.1. The molecule has 2 aromatic carbocycles. The van der Waals surface area contributed by atoms with Crippen molar-refractivity contribution in [1.82, 2.24) is 0 Å². The quantitative estimate of drug-likeness (QED) is 0.652. The first kappa shape index (κ1) is 17.4. The third kappa shape index (κ3) is 5.68. The third-order valence-electron chi connectivity index (χ3n) is 3.27. The maximum Gasteiger partial charge on any atom is 0.331 e. The first-order valence-electron chi connectivity index (χ1n) is 7.56. The van der Waals surface area contributed by atoms with E-state index in [1.54, 1.807) is 12.1 Å². The molecule has 0 radical (unpaired) electrons. The molecule has 5 heteroatoms. The van der Waals surface area contributed by atoms with Gasteiger partial charge >= 0.3 is 5.97 Å². The number of hydrogen-bond donors (Lipinski definition) is 1. The Bertz CT molecular complexity index is 721. The van der Waals surface area contributed by atoms with Crippen LogP contribution in [0, 0.1) is 5.82 Å². The van der Waals surface area contributed by atoms with Crippen LogP contribution in [-0.2, 0) is 20.7 Å². The van der Waals surface area contributed by atoms with Crippen LogP contribution in [0.4, 0.5) is 10.1 Å². The highest BCUT2D eigenvalue weighted by molar-refractivity contribution is 5.94. The van der Waals surface area contributed by atoms with Gasteiger partial charge in [-0.15, -0.1) is 0 Å². The summed E-state index contributed by atoms with van der Waals surface area (Å²) in [5.41, 5.74) is 2.48. The van der Waals surface area contributed by atoms with Crippen LogP contribution in [0.2, 0.25) is 0 Å². The highest BCUT2D eigenvalue weighted by Crippen LogP contribution is 2.10. The monoisotopic (exact) mass is 327 g/mol. The number of ether oxygens (including phenoxy) is 1. The second kappa shape index (κ2) is 8.62. The average molecular weight is 327 g/mol. The van der Waals surface area contributed by atoms with E-state index in [-0.39, 0.29) is 12.4 Å². The molecule has 0 saturated heterocycles. The zero-order chi connectivity index (χ0) is 17.4. The molecule has 0 spiro atoms. The minimum absolute atomic E-state index is 0.349. The molecule has 0 aromatic heterocycles. The number of aryl methyl sites for hydroxylation is 1. The van der Waals surface area contributed by atoms with E-state index in [2.05, 4.69) is 5.32 Å². The van der Waals surface area contributed by atoms with Gasteiger partial charge in [0, 0.05) is 11.8 Å². The molecule has 2 aromatic rings. The Labute approximate surface area is 140 Å². The lowest BCUT2D eigenvalue weighted by Crippen LogP contribution is -2.20. The standard InChI is InChI=1S/C19H18FNO3/c1-2-14-5-10-17(11-6-14)21-18(22)13-24-19(23)12-7-15-3-8-16(20)9-4-15/h3-12H,2,13H2,1H3,(H,21,22)/b12-7+. The van der Waals surface area contributed by atoms with E-state index in [0.717, 1.165) is 6.42 Å². The molecule has 0 heterocycles. The van der Waals surface area contributed by atoms with Gasteiger partial charge in [0.1, 0.15) is 5.82 Å². The summed E-state index contributed by atoms with van der Waals surface area (Å²) < 4.78 is 17.6. The molecule has 0 aliphatic rings. The number of benzene rings is 2. The van der Waals surface area contributed by atoms with Crippen LogP contribution < -0.4 is 5.32 Å². The van der Waals surface area contributed by atoms with Crippen molar-refractivity contribution in [3.63, 3.8) is 0 Å². The zero-order valence-corrected chi connectivity index (χ0v) is 13.3. The number of esters is 1. The van der Waals surface area contributed by atoms with Gasteiger partial charge in [-0.2, -0.15) is 0 Å². The Morgan fingerprint density at radius 2 is 1.75 bits per heavy atom. The van der Waals surface area contributed by atoms with E-state index in [1.165, 1.54) is 42.0 Å². The van der Waals surface area contributed by atoms with E-state index < -0.39 is 11.9 Å². The highest BCUT2D eigenvalue weighted by atomic mass is 19.1. The second-order valence-corrected chi connectivity index (χ2v) is 5.09. The predicted molar refractivity (Wildman–Crippen MR) is 90.8 cm³/mol. The van der Waals surface area contributed by atoms with Crippen molar-refractivity contribution in [2.75, 3.05) is 11.9 Å². The van der Waals surface area contributed by atoms with Crippen molar-refractivity contribution < 1.29 is 18.7 Å². The minimum atomic E-state index is -0.643. The van der Waals surface area contributed by atoms with Gasteiger partial charge in [-0.3, -0.25) is 4.79 Å². The molecule has 124 valence electrons. The first-order valence-corrected chi connectivity index (χ1v) is 7.56. The molecule has 2 rings (SSSR count). The van der Waals surface area contributed by atoms with Crippen molar-refractivity contribution in [2.45, 2.75) is 13.3 Å². The fourth-order valence-corrected chi connectivity index (χ4v) is 1.94. The summed E-state index contributed by atoms with van der Waals surface area (Å²) in [5.74, 6) is -1.41. The van der Waals surface area contributed by atoms with E-state index in [1.807, 2.05) is 19.1 Å². The van der Waals surface area contributed by atoms with Crippen LogP contribution in [0.25, 0.3) is 6.08 Å². The van der Waals surface area contributed by atoms with Crippen molar-refractivity contribution in [1.29, 1.82) is 0 Å². The maximum atomic E-state index is 12.8. The largest absolute Gasteiger partial charge is 0.452 e. The Morgan fingerprint density at radius 3 is 2.38 bits per heavy atom. The van der Waals surface area contributed by atoms with Gasteiger partial charge in [-0.25, -0.2) is 9.18 Å². The smallest absolute Gasteiger partial charge is 0.331 e. The predicted octanol–water partition coefficient (Wildman–Crippen LogP) is 3.58. The summed E-state index contributed by atoms with van der Waals surface area (Å²) in [4.78, 5) is 23.3. The van der Waals surface area contributed by atoms with Crippen LogP contribution in [0.3, 0.4) is 0 Å². The molecule has 0 atom stereocenters. The number of carbonyl (C=O) groups is 2. The van der Waals surface area contributed by atoms with Gasteiger partial charge in [0.15, 0.2) is 6.61 Å². The number of amides is 1. The molecule has 0 bridgehead atoms. The lowest BCUT2D eigenvalue weighted by atomic mass is 10.1. The topological polar surface area (TPSA) is 55.4 Å². The summed E-state index contributed by atoms with van der Waals surface area (Å²) in [5, 5.41) is 2.65. The molecule has 4 nitrogen and oxygen atoms in total. The SMILES string of the molecule is CCc1ccc(NC(=O)COC(=O)/C=C/c2ccc(F)cc2)cc1. The van der Waals surface area contributed by atoms with E-state index in [9.17, 15) is 14.0 Å². The highest BCUT2D eigenvalue weighted by Gasteiger charge is 2.05. The van der Waals surface area contributed by atoms with Gasteiger partial charge in [0.05, 0.1) is 0 Å². The molecule has 0 saturated carbocycles. The van der Waals surface area contributed by atoms with Crippen LogP contribution >= 0.6 is 0 Å². The average Bonchev–Trinajstić information content (AvgIpc) is 2.60. The van der Waals surface area contributed by atoms with Gasteiger partial charge in [-0.1, -0.05) is 31.2 Å². The Hall–Kier alpha value is -2.95. The van der Waals surface area contributed by atoms with E-state index in [4.69, 9.17) is 4.74 Å². The van der Waals surface area contributed by atoms with E-state index in [0.29, 0.717) is 11.3 Å². The van der Waals surface area contributed by atoms with Crippen molar-refractivity contribution >= 4 is 23.6 Å². The van der Waals surface area contributed by atoms with Gasteiger partial charge in [0.25, 0.3) is 5.91 Å². The molecular formula is C19H18FNO3. The van der Waals surface area contributed by atoms with Crippen molar-refractivity contribution in [3.8, 4) is 0 Å². The lowest BCUT2D eigenvalue weighted by Gasteiger charge is -2.06. The number of hydrogen-bond acceptors (Lipinski definition) is 3. The second-order valence-electron chi connectivity index (χ2n) is 5.09. The zero-order valence-electron chi connectivity index (χ0n) is 13.3. The number of anilines is 1. The third-order valence-corrected chi connectivity index (χ3v) is 3.27. The molecule has 0 fully saturated rings. The summed E-state index contributed by atoms with van der Waals surface area (Å²) in [6.07, 6.45) is 3.60. The van der Waals surface area contributed by atoms with Gasteiger partial charge in [0.2, 0.25) is 0 Å². The summed E-state index contributed by atoms with van der Waals surface area (Å²) in [6.45, 7) is 1.68. The normalized spacial score (nSPS) is 10.6. The molecule has 0 aliphatic carbocycles. The lowest BCUT2D eigenvalue weighted by molar-refractivity contribution is -0.142. The molecular weight excluding hydrogens is 309 g/mol. The Morgan fingerprint density at radius 1 is 1.08 bits per heavy atom. The minimum Gasteiger partial charge on any atom is -0.452 e. The first-order chi connectivity index (χ1) is 11.6. The Balaban J connectivity index is 1.78. The van der Waals surface area contributed by atoms with Gasteiger partial charge in [-0.05, 0) is 47.9 Å². The number of nitrogens with one attached hydrogen (secondary N) is 1. The molecule has 0 aliphatic heterocycles. The molecule has 1 amide bonds. The fourth-order valence-electron chi connectivity index (χ4n) is 1.94. The number of carbonyl (C=O) groups excluding carboxylic acids is 2. The van der Waals surface area contributed by atoms with E-state index >= 15 is 0 Å². The van der Waals surface area contributed by atoms with Crippen molar-refractivity contribution in [3.05, 3.63) is 71.6 Å². The number of rotatable bonds is 6. The summed E-state index contributed by atoms with van der Waals surface area (Å²) in [7, 11) is 0. The molecule has 0 unspecified atom stereocenters. The van der Waals surface area contributed by atoms with Crippen LogP contribution in [0.15, 0.2) is 54.6 Å². The fraction of sp³-hybridized carbons (Fsp3) is 0.158. The van der Waals surface area contributed by atoms with Crippen LogP contribution in [-0.4, -0.2) is 18.5 Å². The molecule has 24 heavy (non-hydrogen) atoms. The molecule has 1 N–H and O–H groups in total. The number of halogens is 1. The van der Waals surface area contributed by atoms with Crippen molar-refractivity contribution in [2.24, 2.45) is 0 Å². The summed E-state index contributed by atoms with van der Waals surface area (Å²) >= 11 is 0.